The van der Waals surface area contributed by atoms with E-state index in [9.17, 15) is 4.79 Å². The molecule has 0 rings (SSSR count). The first-order chi connectivity index (χ1) is 6.22. The van der Waals surface area contributed by atoms with Gasteiger partial charge >= 0.3 is 5.97 Å². The molecule has 0 spiro atoms. The van der Waals surface area contributed by atoms with Gasteiger partial charge in [0.15, 0.2) is 0 Å². The van der Waals surface area contributed by atoms with Crippen molar-refractivity contribution in [2.75, 3.05) is 33.5 Å². The molecular formula is C8H17NO4. The summed E-state index contributed by atoms with van der Waals surface area (Å²) in [6.45, 7) is 3.31. The maximum absolute atomic E-state index is 11.0. The van der Waals surface area contributed by atoms with E-state index in [1.54, 1.807) is 0 Å². The summed E-state index contributed by atoms with van der Waals surface area (Å²) >= 11 is 0. The van der Waals surface area contributed by atoms with Gasteiger partial charge in [0.2, 0.25) is 0 Å². The van der Waals surface area contributed by atoms with Gasteiger partial charge in [-0.2, -0.15) is 0 Å². The molecule has 5 heteroatoms. The standard InChI is InChI=1S/C8H17NO4/c1-3-12-4-5-13-8(10)7(9)6-11-2/h7H,3-6,9H2,1-2H3. The van der Waals surface area contributed by atoms with E-state index in [1.165, 1.54) is 7.11 Å². The Bertz CT molecular complexity index is 140. The van der Waals surface area contributed by atoms with Crippen LogP contribution in [0.1, 0.15) is 6.92 Å². The van der Waals surface area contributed by atoms with Crippen LogP contribution in [0.3, 0.4) is 0 Å². The Labute approximate surface area is 78.1 Å². The van der Waals surface area contributed by atoms with Gasteiger partial charge in [-0.3, -0.25) is 4.79 Å². The Balaban J connectivity index is 3.38. The zero-order valence-electron chi connectivity index (χ0n) is 8.12. The van der Waals surface area contributed by atoms with Crippen LogP contribution in [-0.2, 0) is 19.0 Å². The summed E-state index contributed by atoms with van der Waals surface area (Å²) in [6.07, 6.45) is 0. The molecule has 1 atom stereocenters. The van der Waals surface area contributed by atoms with E-state index in [-0.39, 0.29) is 13.2 Å². The van der Waals surface area contributed by atoms with E-state index in [0.29, 0.717) is 13.2 Å². The molecular weight excluding hydrogens is 174 g/mol. The van der Waals surface area contributed by atoms with Crippen molar-refractivity contribution in [3.05, 3.63) is 0 Å². The van der Waals surface area contributed by atoms with Gasteiger partial charge in [-0.25, -0.2) is 0 Å². The van der Waals surface area contributed by atoms with Crippen LogP contribution in [0, 0.1) is 0 Å². The zero-order valence-corrected chi connectivity index (χ0v) is 8.12. The zero-order chi connectivity index (χ0) is 10.1. The first-order valence-electron chi connectivity index (χ1n) is 4.21. The molecule has 0 saturated heterocycles. The van der Waals surface area contributed by atoms with Crippen LogP contribution < -0.4 is 5.73 Å². The summed E-state index contributed by atoms with van der Waals surface area (Å²) in [4.78, 5) is 11.0. The number of rotatable bonds is 7. The predicted molar refractivity (Wildman–Crippen MR) is 47.3 cm³/mol. The third kappa shape index (κ3) is 6.51. The molecule has 5 nitrogen and oxygen atoms in total. The largest absolute Gasteiger partial charge is 0.462 e. The Kier molecular flexibility index (Phi) is 7.57. The minimum Gasteiger partial charge on any atom is -0.462 e. The Morgan fingerprint density at radius 1 is 1.46 bits per heavy atom. The molecule has 0 heterocycles. The van der Waals surface area contributed by atoms with E-state index < -0.39 is 12.0 Å². The molecule has 0 radical (unpaired) electrons. The molecule has 0 fully saturated rings. The lowest BCUT2D eigenvalue weighted by Crippen LogP contribution is -2.36. The average Bonchev–Trinajstić information content (AvgIpc) is 2.12. The number of carbonyl (C=O) groups excluding carboxylic acids is 1. The molecule has 0 bridgehead atoms. The molecule has 0 aliphatic rings. The monoisotopic (exact) mass is 191 g/mol. The van der Waals surface area contributed by atoms with Crippen LogP contribution in [-0.4, -0.2) is 45.5 Å². The summed E-state index contributed by atoms with van der Waals surface area (Å²) in [7, 11) is 1.48. The van der Waals surface area contributed by atoms with Crippen molar-refractivity contribution < 1.29 is 19.0 Å². The minimum atomic E-state index is -0.702. The van der Waals surface area contributed by atoms with E-state index in [0.717, 1.165) is 0 Å². The summed E-state index contributed by atoms with van der Waals surface area (Å²) in [5, 5.41) is 0. The molecule has 0 aromatic heterocycles. The fourth-order valence-corrected chi connectivity index (χ4v) is 0.700. The molecule has 78 valence electrons. The topological polar surface area (TPSA) is 70.8 Å². The number of methoxy groups -OCH3 is 1. The highest BCUT2D eigenvalue weighted by molar-refractivity contribution is 5.75. The van der Waals surface area contributed by atoms with Gasteiger partial charge in [0.05, 0.1) is 13.2 Å². The van der Waals surface area contributed by atoms with Crippen LogP contribution >= 0.6 is 0 Å². The molecule has 0 aromatic carbocycles. The van der Waals surface area contributed by atoms with Crippen LogP contribution in [0.4, 0.5) is 0 Å². The van der Waals surface area contributed by atoms with Crippen molar-refractivity contribution in [2.24, 2.45) is 5.73 Å². The number of ether oxygens (including phenoxy) is 3. The average molecular weight is 191 g/mol. The number of esters is 1. The van der Waals surface area contributed by atoms with Gasteiger partial charge in [0.1, 0.15) is 12.6 Å². The lowest BCUT2D eigenvalue weighted by atomic mass is 10.3. The number of hydrogen-bond acceptors (Lipinski definition) is 5. The predicted octanol–water partition coefficient (Wildman–Crippen LogP) is -0.460. The maximum Gasteiger partial charge on any atom is 0.325 e. The maximum atomic E-state index is 11.0. The Morgan fingerprint density at radius 2 is 2.15 bits per heavy atom. The number of carbonyl (C=O) groups is 1. The van der Waals surface area contributed by atoms with Crippen molar-refractivity contribution >= 4 is 5.97 Å². The van der Waals surface area contributed by atoms with E-state index in [1.807, 2.05) is 6.92 Å². The highest BCUT2D eigenvalue weighted by Gasteiger charge is 2.13. The van der Waals surface area contributed by atoms with Crippen molar-refractivity contribution in [2.45, 2.75) is 13.0 Å². The fourth-order valence-electron chi connectivity index (χ4n) is 0.700. The third-order valence-corrected chi connectivity index (χ3v) is 1.33. The van der Waals surface area contributed by atoms with Gasteiger partial charge < -0.3 is 19.9 Å². The normalized spacial score (nSPS) is 12.5. The second kappa shape index (κ2) is 7.97. The molecule has 13 heavy (non-hydrogen) atoms. The van der Waals surface area contributed by atoms with Crippen molar-refractivity contribution in [3.8, 4) is 0 Å². The number of hydrogen-bond donors (Lipinski definition) is 1. The van der Waals surface area contributed by atoms with E-state index in [4.69, 9.17) is 19.9 Å². The fraction of sp³-hybridized carbons (Fsp3) is 0.875. The third-order valence-electron chi connectivity index (χ3n) is 1.33. The highest BCUT2D eigenvalue weighted by Crippen LogP contribution is 1.87. The Morgan fingerprint density at radius 3 is 2.69 bits per heavy atom. The molecule has 0 aliphatic heterocycles. The van der Waals surface area contributed by atoms with Gasteiger partial charge in [-0.05, 0) is 6.92 Å². The molecule has 1 unspecified atom stereocenters. The molecule has 2 N–H and O–H groups in total. The summed E-state index contributed by atoms with van der Waals surface area (Å²) in [5.74, 6) is -0.457. The van der Waals surface area contributed by atoms with Crippen LogP contribution in [0.15, 0.2) is 0 Å². The smallest absolute Gasteiger partial charge is 0.325 e. The van der Waals surface area contributed by atoms with Crippen LogP contribution in [0.5, 0.6) is 0 Å². The second-order valence-electron chi connectivity index (χ2n) is 2.43. The highest BCUT2D eigenvalue weighted by atomic mass is 16.6. The summed E-state index contributed by atoms with van der Waals surface area (Å²) < 4.78 is 14.5. The minimum absolute atomic E-state index is 0.174. The van der Waals surface area contributed by atoms with Gasteiger partial charge in [0, 0.05) is 13.7 Å². The SMILES string of the molecule is CCOCCOC(=O)C(N)COC. The molecule has 0 aromatic rings. The van der Waals surface area contributed by atoms with Gasteiger partial charge in [-0.1, -0.05) is 0 Å². The first-order valence-corrected chi connectivity index (χ1v) is 4.21. The van der Waals surface area contributed by atoms with E-state index in [2.05, 4.69) is 0 Å². The van der Waals surface area contributed by atoms with Crippen LogP contribution in [0.2, 0.25) is 0 Å². The van der Waals surface area contributed by atoms with Gasteiger partial charge in [0.25, 0.3) is 0 Å². The molecule has 0 aliphatic carbocycles. The second-order valence-corrected chi connectivity index (χ2v) is 2.43. The summed E-state index contributed by atoms with van der Waals surface area (Å²) in [5.41, 5.74) is 5.40. The molecule has 0 saturated carbocycles. The summed E-state index contributed by atoms with van der Waals surface area (Å²) in [6, 6.07) is -0.702. The van der Waals surface area contributed by atoms with Crippen LogP contribution in [0.25, 0.3) is 0 Å². The van der Waals surface area contributed by atoms with Crippen molar-refractivity contribution in [1.29, 1.82) is 0 Å². The molecule has 0 amide bonds. The first kappa shape index (κ1) is 12.3. The quantitative estimate of drug-likeness (QED) is 0.435. The Hall–Kier alpha value is -0.650. The number of nitrogens with two attached hydrogens (primary N) is 1. The van der Waals surface area contributed by atoms with E-state index >= 15 is 0 Å². The van der Waals surface area contributed by atoms with Crippen molar-refractivity contribution in [1.82, 2.24) is 0 Å². The lowest BCUT2D eigenvalue weighted by molar-refractivity contribution is -0.147. The lowest BCUT2D eigenvalue weighted by Gasteiger charge is -2.09. The van der Waals surface area contributed by atoms with Crippen molar-refractivity contribution in [3.63, 3.8) is 0 Å². The van der Waals surface area contributed by atoms with Gasteiger partial charge in [-0.15, -0.1) is 0 Å².